The Morgan fingerprint density at radius 1 is 1.09 bits per heavy atom. The highest BCUT2D eigenvalue weighted by Gasteiger charge is 2.48. The van der Waals surface area contributed by atoms with Crippen LogP contribution < -0.4 is 5.73 Å². The van der Waals surface area contributed by atoms with Crippen molar-refractivity contribution in [2.45, 2.75) is 18.9 Å². The number of nitrogens with zero attached hydrogens (tertiary/aromatic N) is 5. The Morgan fingerprint density at radius 2 is 2.00 bits per heavy atom. The fourth-order valence-electron chi connectivity index (χ4n) is 4.06. The maximum absolute atomic E-state index is 12.3. The first-order chi connectivity index (χ1) is 15.6. The predicted octanol–water partition coefficient (Wildman–Crippen LogP) is 2.79. The lowest BCUT2D eigenvalue weighted by Gasteiger charge is -2.36. The summed E-state index contributed by atoms with van der Waals surface area (Å²) < 4.78 is 1.69. The van der Waals surface area contributed by atoms with E-state index >= 15 is 0 Å². The van der Waals surface area contributed by atoms with Crippen LogP contribution in [-0.2, 0) is 10.4 Å². The maximum Gasteiger partial charge on any atom is 0.339 e. The van der Waals surface area contributed by atoms with Crippen molar-refractivity contribution in [1.82, 2.24) is 24.6 Å². The molecule has 32 heavy (non-hydrogen) atoms. The van der Waals surface area contributed by atoms with Crippen molar-refractivity contribution in [3.8, 4) is 11.8 Å². The largest absolute Gasteiger partial charge is 0.350 e. The number of aromatic nitrogens is 4. The Labute approximate surface area is 184 Å². The smallest absolute Gasteiger partial charge is 0.339 e. The van der Waals surface area contributed by atoms with E-state index in [-0.39, 0.29) is 0 Å². The Bertz CT molecular complexity index is 1370. The average molecular weight is 424 g/mol. The molecule has 4 aromatic rings. The number of carbonyl (C=O) groups excluding carboxylic acids is 1. The standard InChI is InChI=1S/C24H20N6O2/c1-17-7-9-20(15-26-17)24(11-13-32-30(24)23(25)31)19-5-2-4-18(14-19)8-10-21-16-27-22-6-3-12-28-29(21)22/h2-7,9,12,14-16H,11,13H2,1H3,(H2,25,31). The minimum atomic E-state index is -0.880. The number of hydrogen-bond acceptors (Lipinski definition) is 5. The molecule has 0 spiro atoms. The molecule has 8 heteroatoms. The molecule has 1 saturated heterocycles. The number of fused-ring (bicyclic) bond motifs is 1. The SMILES string of the molecule is Cc1ccc(C2(c3cccc(C#Cc4cnc5cccnn45)c3)CCON2C(N)=O)cn1. The van der Waals surface area contributed by atoms with Gasteiger partial charge in [0.2, 0.25) is 0 Å². The molecule has 3 aromatic heterocycles. The van der Waals surface area contributed by atoms with Gasteiger partial charge >= 0.3 is 6.03 Å². The van der Waals surface area contributed by atoms with E-state index in [9.17, 15) is 4.79 Å². The highest BCUT2D eigenvalue weighted by atomic mass is 16.7. The fourth-order valence-corrected chi connectivity index (χ4v) is 4.06. The number of aryl methyl sites for hydroxylation is 1. The molecule has 0 bridgehead atoms. The van der Waals surface area contributed by atoms with E-state index in [4.69, 9.17) is 10.6 Å². The van der Waals surface area contributed by atoms with Crippen molar-refractivity contribution in [3.05, 3.63) is 95.2 Å². The van der Waals surface area contributed by atoms with Crippen molar-refractivity contribution in [1.29, 1.82) is 0 Å². The summed E-state index contributed by atoms with van der Waals surface area (Å²) >= 11 is 0. The quantitative estimate of drug-likeness (QED) is 0.499. The summed E-state index contributed by atoms with van der Waals surface area (Å²) in [6.45, 7) is 2.28. The fraction of sp³-hybridized carbons (Fsp3) is 0.167. The highest BCUT2D eigenvalue weighted by molar-refractivity contribution is 5.73. The first-order valence-electron chi connectivity index (χ1n) is 10.1. The van der Waals surface area contributed by atoms with E-state index in [1.54, 1.807) is 23.1 Å². The number of amides is 2. The van der Waals surface area contributed by atoms with Crippen LogP contribution in [0.2, 0.25) is 0 Å². The molecule has 0 radical (unpaired) electrons. The van der Waals surface area contributed by atoms with Gasteiger partial charge in [0.25, 0.3) is 0 Å². The molecule has 1 aliphatic heterocycles. The maximum atomic E-state index is 12.3. The molecule has 0 saturated carbocycles. The second kappa shape index (κ2) is 7.80. The average Bonchev–Trinajstić information content (AvgIpc) is 3.44. The van der Waals surface area contributed by atoms with E-state index < -0.39 is 11.6 Å². The molecular formula is C24H20N6O2. The van der Waals surface area contributed by atoms with Gasteiger partial charge < -0.3 is 5.73 Å². The van der Waals surface area contributed by atoms with Crippen molar-refractivity contribution in [2.24, 2.45) is 5.73 Å². The van der Waals surface area contributed by atoms with E-state index in [2.05, 4.69) is 26.9 Å². The number of urea groups is 1. The van der Waals surface area contributed by atoms with Gasteiger partial charge in [-0.2, -0.15) is 10.2 Å². The number of imidazole rings is 1. The van der Waals surface area contributed by atoms with Crippen LogP contribution in [0.1, 0.15) is 34.5 Å². The lowest BCUT2D eigenvalue weighted by molar-refractivity contribution is -0.107. The molecule has 1 fully saturated rings. The summed E-state index contributed by atoms with van der Waals surface area (Å²) in [5.41, 5.74) is 9.57. The Balaban J connectivity index is 1.60. The normalized spacial score (nSPS) is 17.8. The van der Waals surface area contributed by atoms with Gasteiger partial charge in [-0.15, -0.1) is 0 Å². The monoisotopic (exact) mass is 424 g/mol. The molecule has 5 rings (SSSR count). The van der Waals surface area contributed by atoms with Gasteiger partial charge in [-0.1, -0.05) is 24.1 Å². The third-order valence-corrected chi connectivity index (χ3v) is 5.57. The van der Waals surface area contributed by atoms with Crippen LogP contribution in [0.3, 0.4) is 0 Å². The van der Waals surface area contributed by atoms with E-state index in [0.717, 1.165) is 28.0 Å². The Hall–Kier alpha value is -4.22. The third kappa shape index (κ3) is 3.25. The van der Waals surface area contributed by atoms with Crippen molar-refractivity contribution in [3.63, 3.8) is 0 Å². The van der Waals surface area contributed by atoms with Crippen LogP contribution >= 0.6 is 0 Å². The van der Waals surface area contributed by atoms with Crippen molar-refractivity contribution < 1.29 is 9.63 Å². The summed E-state index contributed by atoms with van der Waals surface area (Å²) in [7, 11) is 0. The number of carbonyl (C=O) groups is 1. The van der Waals surface area contributed by atoms with Gasteiger partial charge in [-0.25, -0.2) is 14.3 Å². The lowest BCUT2D eigenvalue weighted by atomic mass is 9.80. The number of hydroxylamine groups is 2. The van der Waals surface area contributed by atoms with Gasteiger partial charge in [-0.05, 0) is 48.7 Å². The third-order valence-electron chi connectivity index (χ3n) is 5.57. The molecular weight excluding hydrogens is 404 g/mol. The van der Waals surface area contributed by atoms with Crippen LogP contribution in [0.25, 0.3) is 5.65 Å². The van der Waals surface area contributed by atoms with Crippen LogP contribution in [0, 0.1) is 18.8 Å². The second-order valence-electron chi connectivity index (χ2n) is 7.53. The molecule has 2 amide bonds. The molecule has 2 N–H and O–H groups in total. The zero-order valence-corrected chi connectivity index (χ0v) is 17.4. The number of benzene rings is 1. The molecule has 1 aromatic carbocycles. The summed E-state index contributed by atoms with van der Waals surface area (Å²) in [6.07, 6.45) is 5.70. The first-order valence-corrected chi connectivity index (χ1v) is 10.1. The molecule has 4 heterocycles. The predicted molar refractivity (Wildman–Crippen MR) is 117 cm³/mol. The number of nitrogens with two attached hydrogens (primary N) is 1. The Morgan fingerprint density at radius 3 is 2.81 bits per heavy atom. The summed E-state index contributed by atoms with van der Waals surface area (Å²) in [4.78, 5) is 26.7. The molecule has 1 aliphatic rings. The minimum Gasteiger partial charge on any atom is -0.350 e. The van der Waals surface area contributed by atoms with Gasteiger partial charge in [0.15, 0.2) is 5.65 Å². The van der Waals surface area contributed by atoms with Crippen LogP contribution in [0.15, 0.2) is 67.1 Å². The van der Waals surface area contributed by atoms with Crippen LogP contribution in [-0.4, -0.2) is 37.3 Å². The van der Waals surface area contributed by atoms with Crippen LogP contribution in [0.5, 0.6) is 0 Å². The van der Waals surface area contributed by atoms with Crippen molar-refractivity contribution >= 4 is 11.7 Å². The summed E-state index contributed by atoms with van der Waals surface area (Å²) in [6, 6.07) is 14.6. The molecule has 158 valence electrons. The Kier molecular flexibility index (Phi) is 4.81. The summed E-state index contributed by atoms with van der Waals surface area (Å²) in [5.74, 6) is 6.32. The molecule has 8 nitrogen and oxygen atoms in total. The van der Waals surface area contributed by atoms with Crippen molar-refractivity contribution in [2.75, 3.05) is 6.61 Å². The summed E-state index contributed by atoms with van der Waals surface area (Å²) in [5, 5.41) is 5.54. The number of primary amides is 1. The minimum absolute atomic E-state index is 0.361. The molecule has 0 aliphatic carbocycles. The number of rotatable bonds is 2. The second-order valence-corrected chi connectivity index (χ2v) is 7.53. The van der Waals surface area contributed by atoms with Gasteiger partial charge in [0, 0.05) is 35.6 Å². The number of hydrogen-bond donors (Lipinski definition) is 1. The molecule has 1 unspecified atom stereocenters. The van der Waals surface area contributed by atoms with Gasteiger partial charge in [0.1, 0.15) is 11.2 Å². The first kappa shape index (κ1) is 19.7. The van der Waals surface area contributed by atoms with E-state index in [1.807, 2.05) is 55.5 Å². The van der Waals surface area contributed by atoms with Crippen LogP contribution in [0.4, 0.5) is 4.79 Å². The molecule has 1 atom stereocenters. The highest BCUT2D eigenvalue weighted by Crippen LogP contribution is 2.43. The van der Waals surface area contributed by atoms with Gasteiger partial charge in [-0.3, -0.25) is 9.82 Å². The topological polar surface area (TPSA) is 98.6 Å². The zero-order valence-electron chi connectivity index (χ0n) is 17.4. The van der Waals surface area contributed by atoms with E-state index in [0.29, 0.717) is 18.7 Å². The van der Waals surface area contributed by atoms with Gasteiger partial charge in [0.05, 0.1) is 12.8 Å². The number of pyridine rings is 1. The van der Waals surface area contributed by atoms with E-state index in [1.165, 1.54) is 5.06 Å². The zero-order chi connectivity index (χ0) is 22.1. The lowest BCUT2D eigenvalue weighted by Crippen LogP contribution is -2.47.